The largest absolute Gasteiger partial charge is 0.481 e. The highest BCUT2D eigenvalue weighted by Gasteiger charge is 2.52. The number of carbonyl (C=O) groups excluding carboxylic acids is 4. The Morgan fingerprint density at radius 1 is 0.667 bits per heavy atom. The maximum atomic E-state index is 12.0. The fourth-order valence-corrected chi connectivity index (χ4v) is 5.69. The standard InChI is InChI=1S/2C14H22N4O6/c1-14(2,3)24-13(22)17-10-8(11(19)20)5-7(12(21)23-4)9(10)6-16-18-15;1-14(2,3)24-13(22)17-10-8(12(21)23-4)5-7(11(19)20)9(10)6-16-18-15/h2*7-10H,5-6H2,1-4H3,(H,17,22)(H,19,20)/t2*7-,8+,9+,10-/m11/s1. The first-order valence-corrected chi connectivity index (χ1v) is 14.8. The molecular formula is C28H44N8O12. The molecule has 2 fully saturated rings. The Kier molecular flexibility index (Phi) is 15.2. The first kappa shape index (κ1) is 41.1. The number of carboxylic acid groups (broad SMARTS) is 2. The zero-order valence-corrected chi connectivity index (χ0v) is 28.1. The Morgan fingerprint density at radius 2 is 1.02 bits per heavy atom. The average Bonchev–Trinajstić information content (AvgIpc) is 3.50. The van der Waals surface area contributed by atoms with E-state index < -0.39 is 94.9 Å². The summed E-state index contributed by atoms with van der Waals surface area (Å²) in [6, 6.07) is -1.77. The van der Waals surface area contributed by atoms with Gasteiger partial charge in [-0.2, -0.15) is 0 Å². The van der Waals surface area contributed by atoms with Crippen molar-refractivity contribution in [2.24, 2.45) is 45.7 Å². The van der Waals surface area contributed by atoms with Crippen molar-refractivity contribution >= 4 is 36.1 Å². The van der Waals surface area contributed by atoms with Crippen LogP contribution >= 0.6 is 0 Å². The van der Waals surface area contributed by atoms with Gasteiger partial charge < -0.3 is 39.8 Å². The molecule has 0 bridgehead atoms. The third-order valence-corrected chi connectivity index (χ3v) is 7.56. The average molecular weight is 685 g/mol. The first-order chi connectivity index (χ1) is 22.2. The van der Waals surface area contributed by atoms with E-state index in [1.54, 1.807) is 41.5 Å². The lowest BCUT2D eigenvalue weighted by Crippen LogP contribution is -2.47. The number of carboxylic acids is 2. The minimum atomic E-state index is -1.16. The SMILES string of the molecule is COC(=O)[C@@H]1C[C@H](C(=O)O)[C@@H](NC(=O)OC(C)(C)C)[C@H]1CN=[N+]=[N-].COC(=O)[C@H]1C[C@@H](C(=O)O)[C@H](CN=[N+]=[N-])[C@@H]1NC(=O)OC(C)(C)C. The van der Waals surface area contributed by atoms with Crippen molar-refractivity contribution in [2.45, 2.75) is 77.7 Å². The molecule has 0 aromatic heterocycles. The lowest BCUT2D eigenvalue weighted by Gasteiger charge is -2.27. The summed E-state index contributed by atoms with van der Waals surface area (Å²) in [5.74, 6) is -8.57. The van der Waals surface area contributed by atoms with Gasteiger partial charge in [0.2, 0.25) is 0 Å². The van der Waals surface area contributed by atoms with Crippen LogP contribution in [-0.4, -0.2) is 96.9 Å². The number of azide groups is 2. The molecular weight excluding hydrogens is 640 g/mol. The van der Waals surface area contributed by atoms with E-state index in [0.717, 1.165) is 0 Å². The Morgan fingerprint density at radius 3 is 1.38 bits per heavy atom. The van der Waals surface area contributed by atoms with E-state index in [4.69, 9.17) is 30.0 Å². The van der Waals surface area contributed by atoms with Gasteiger partial charge in [-0.05, 0) is 77.3 Å². The number of nitrogens with zero attached hydrogens (tertiary/aromatic N) is 6. The molecule has 268 valence electrons. The van der Waals surface area contributed by atoms with Crippen molar-refractivity contribution in [1.29, 1.82) is 0 Å². The molecule has 48 heavy (non-hydrogen) atoms. The molecule has 2 aliphatic carbocycles. The molecule has 0 aromatic carbocycles. The molecule has 2 amide bonds. The number of methoxy groups -OCH3 is 2. The van der Waals surface area contributed by atoms with Crippen molar-refractivity contribution in [3.05, 3.63) is 20.9 Å². The normalized spacial score (nSPS) is 26.2. The van der Waals surface area contributed by atoms with Crippen molar-refractivity contribution < 1.29 is 57.9 Å². The molecule has 0 aliphatic heterocycles. The van der Waals surface area contributed by atoms with Crippen LogP contribution in [0.5, 0.6) is 0 Å². The predicted molar refractivity (Wildman–Crippen MR) is 164 cm³/mol. The van der Waals surface area contributed by atoms with Gasteiger partial charge in [0.15, 0.2) is 0 Å². The van der Waals surface area contributed by atoms with Crippen LogP contribution in [0, 0.1) is 35.5 Å². The molecule has 8 atom stereocenters. The Balaban J connectivity index is 0.000000480. The smallest absolute Gasteiger partial charge is 0.407 e. The number of aliphatic carboxylic acids is 2. The number of hydrogen-bond donors (Lipinski definition) is 4. The van der Waals surface area contributed by atoms with Gasteiger partial charge in [0.25, 0.3) is 0 Å². The van der Waals surface area contributed by atoms with Gasteiger partial charge in [-0.15, -0.1) is 0 Å². The zero-order chi connectivity index (χ0) is 37.0. The van der Waals surface area contributed by atoms with Crippen LogP contribution in [0.1, 0.15) is 54.4 Å². The van der Waals surface area contributed by atoms with Crippen molar-refractivity contribution in [1.82, 2.24) is 10.6 Å². The highest BCUT2D eigenvalue weighted by molar-refractivity contribution is 5.80. The van der Waals surface area contributed by atoms with E-state index in [9.17, 15) is 39.0 Å². The molecule has 0 unspecified atom stereocenters. The summed E-state index contributed by atoms with van der Waals surface area (Å²) in [5.41, 5.74) is 15.5. The second-order valence-electron chi connectivity index (χ2n) is 13.1. The third-order valence-electron chi connectivity index (χ3n) is 7.56. The second kappa shape index (κ2) is 17.8. The number of amides is 2. The fraction of sp³-hybridized carbons (Fsp3) is 0.786. The molecule has 0 spiro atoms. The molecule has 0 saturated heterocycles. The summed E-state index contributed by atoms with van der Waals surface area (Å²) in [4.78, 5) is 76.2. The van der Waals surface area contributed by atoms with E-state index >= 15 is 0 Å². The number of nitrogens with one attached hydrogen (secondary N) is 2. The number of hydrogen-bond acceptors (Lipinski definition) is 12. The van der Waals surface area contributed by atoms with Crippen LogP contribution in [0.3, 0.4) is 0 Å². The van der Waals surface area contributed by atoms with Crippen LogP contribution in [0.15, 0.2) is 10.2 Å². The lowest BCUT2D eigenvalue weighted by atomic mass is 9.93. The van der Waals surface area contributed by atoms with Crippen LogP contribution in [-0.2, 0) is 38.1 Å². The predicted octanol–water partition coefficient (Wildman–Crippen LogP) is 3.40. The van der Waals surface area contributed by atoms with Crippen molar-refractivity contribution in [3.63, 3.8) is 0 Å². The van der Waals surface area contributed by atoms with Crippen molar-refractivity contribution in [3.8, 4) is 0 Å². The summed E-state index contributed by atoms with van der Waals surface area (Å²) in [7, 11) is 2.38. The topological polar surface area (TPSA) is 301 Å². The number of rotatable bonds is 10. The highest BCUT2D eigenvalue weighted by Crippen LogP contribution is 2.39. The quantitative estimate of drug-likeness (QED) is 0.0846. The molecule has 4 N–H and O–H groups in total. The summed E-state index contributed by atoms with van der Waals surface area (Å²) in [6.07, 6.45) is -1.61. The number of esters is 2. The van der Waals surface area contributed by atoms with Gasteiger partial charge in [-0.1, -0.05) is 10.2 Å². The van der Waals surface area contributed by atoms with Crippen LogP contribution in [0.4, 0.5) is 9.59 Å². The Bertz CT molecular complexity index is 1300. The monoisotopic (exact) mass is 684 g/mol. The summed E-state index contributed by atoms with van der Waals surface area (Å²) >= 11 is 0. The summed E-state index contributed by atoms with van der Waals surface area (Å²) in [6.45, 7) is 9.74. The van der Waals surface area contributed by atoms with E-state index in [1.807, 2.05) is 0 Å². The van der Waals surface area contributed by atoms with Gasteiger partial charge in [-0.3, -0.25) is 19.2 Å². The maximum absolute atomic E-state index is 12.0. The number of alkyl carbamates (subject to hydrolysis) is 2. The summed E-state index contributed by atoms with van der Waals surface area (Å²) < 4.78 is 19.7. The molecule has 20 nitrogen and oxygen atoms in total. The molecule has 2 rings (SSSR count). The first-order valence-electron chi connectivity index (χ1n) is 14.8. The van der Waals surface area contributed by atoms with Crippen LogP contribution in [0.25, 0.3) is 20.9 Å². The third kappa shape index (κ3) is 12.3. The molecule has 2 aliphatic rings. The van der Waals surface area contributed by atoms with Gasteiger partial charge in [-0.25, -0.2) is 9.59 Å². The van der Waals surface area contributed by atoms with E-state index in [2.05, 4.69) is 30.7 Å². The van der Waals surface area contributed by atoms with Gasteiger partial charge in [0.05, 0.1) is 37.9 Å². The summed E-state index contributed by atoms with van der Waals surface area (Å²) in [5, 5.41) is 30.6. The van der Waals surface area contributed by atoms with Gasteiger partial charge in [0, 0.05) is 35.0 Å². The zero-order valence-electron chi connectivity index (χ0n) is 28.1. The van der Waals surface area contributed by atoms with E-state index in [-0.39, 0.29) is 25.9 Å². The Labute approximate surface area is 276 Å². The van der Waals surface area contributed by atoms with Crippen LogP contribution in [0.2, 0.25) is 0 Å². The van der Waals surface area contributed by atoms with E-state index in [1.165, 1.54) is 14.2 Å². The minimum Gasteiger partial charge on any atom is -0.481 e. The maximum Gasteiger partial charge on any atom is 0.407 e. The second-order valence-corrected chi connectivity index (χ2v) is 13.1. The Hall–Kier alpha value is -4.96. The number of carbonyl (C=O) groups is 6. The van der Waals surface area contributed by atoms with Gasteiger partial charge in [0.1, 0.15) is 11.2 Å². The minimum absolute atomic E-state index is 0.0198. The van der Waals surface area contributed by atoms with Gasteiger partial charge >= 0.3 is 36.1 Å². The molecule has 0 aromatic rings. The molecule has 0 radical (unpaired) electrons. The van der Waals surface area contributed by atoms with Crippen molar-refractivity contribution in [2.75, 3.05) is 27.3 Å². The van der Waals surface area contributed by atoms with Crippen LogP contribution < -0.4 is 10.6 Å². The molecule has 0 heterocycles. The highest BCUT2D eigenvalue weighted by atomic mass is 16.6. The van der Waals surface area contributed by atoms with E-state index in [0.29, 0.717) is 0 Å². The molecule has 20 heteroatoms. The number of ether oxygens (including phenoxy) is 4. The molecule has 2 saturated carbocycles. The lowest BCUT2D eigenvalue weighted by molar-refractivity contribution is -0.148. The fourth-order valence-electron chi connectivity index (χ4n) is 5.69.